The van der Waals surface area contributed by atoms with E-state index in [4.69, 9.17) is 9.88 Å². The smallest absolute Gasteiger partial charge is 0.354 e. The number of aryl methyl sites for hydroxylation is 1. The number of amides is 2. The minimum absolute atomic E-state index is 0.111. The van der Waals surface area contributed by atoms with Gasteiger partial charge in [0.2, 0.25) is 5.88 Å². The van der Waals surface area contributed by atoms with Crippen LogP contribution in [0.3, 0.4) is 0 Å². The molecule has 0 saturated carbocycles. The molecule has 0 unspecified atom stereocenters. The molecule has 1 aromatic heterocycles. The summed E-state index contributed by atoms with van der Waals surface area (Å²) in [6, 6.07) is -0.805. The molecule has 3 aliphatic rings. The van der Waals surface area contributed by atoms with Gasteiger partial charge < -0.3 is 10.1 Å². The van der Waals surface area contributed by atoms with Crippen molar-refractivity contribution in [2.75, 3.05) is 11.9 Å². The number of benzene rings is 1. The van der Waals surface area contributed by atoms with Crippen LogP contribution < -0.4 is 15.2 Å². The molecule has 2 amide bonds. The minimum atomic E-state index is -3.55. The number of aromatic nitrogens is 2. The molecule has 0 bridgehead atoms. The molecule has 0 saturated heterocycles. The maximum atomic E-state index is 15.0. The molecule has 8 nitrogen and oxygen atoms in total. The SMILES string of the molecule is C[C@H]1CCc2c(F)c3c(c(NC(=O)N=[S@](N)(=O)c4cnn5c4OCCC5)c21)CCC3. The van der Waals surface area contributed by atoms with Gasteiger partial charge in [-0.2, -0.15) is 5.10 Å². The fraction of sp³-hybridized carbons (Fsp3) is 0.500. The second-order valence-electron chi connectivity index (χ2n) is 8.16. The van der Waals surface area contributed by atoms with Crippen molar-refractivity contribution in [1.82, 2.24) is 9.78 Å². The summed E-state index contributed by atoms with van der Waals surface area (Å²) in [4.78, 5) is 12.9. The molecule has 2 heterocycles. The van der Waals surface area contributed by atoms with Gasteiger partial charge in [0.05, 0.1) is 12.8 Å². The number of ether oxygens (including phenoxy) is 1. The van der Waals surface area contributed by atoms with Crippen molar-refractivity contribution < 1.29 is 18.1 Å². The Bertz CT molecular complexity index is 1180. The lowest BCUT2D eigenvalue weighted by atomic mass is 9.94. The van der Waals surface area contributed by atoms with Crippen molar-refractivity contribution in [1.29, 1.82) is 0 Å². The van der Waals surface area contributed by atoms with Gasteiger partial charge in [0.15, 0.2) is 9.92 Å². The van der Waals surface area contributed by atoms with Crippen LogP contribution in [-0.4, -0.2) is 26.6 Å². The molecule has 0 radical (unpaired) electrons. The average Bonchev–Trinajstić information content (AvgIpc) is 3.43. The Morgan fingerprint density at radius 2 is 2.13 bits per heavy atom. The van der Waals surface area contributed by atoms with E-state index in [1.54, 1.807) is 4.68 Å². The Kier molecular flexibility index (Phi) is 4.59. The molecule has 0 fully saturated rings. The number of rotatable bonds is 2. The molecular formula is C20H24FN5O3S. The molecular weight excluding hydrogens is 409 g/mol. The summed E-state index contributed by atoms with van der Waals surface area (Å²) in [6.45, 7) is 3.12. The number of hydrogen-bond acceptors (Lipinski definition) is 4. The van der Waals surface area contributed by atoms with Crippen LogP contribution >= 0.6 is 0 Å². The zero-order valence-electron chi connectivity index (χ0n) is 16.7. The Morgan fingerprint density at radius 1 is 1.33 bits per heavy atom. The normalized spacial score (nSPS) is 21.2. The monoisotopic (exact) mass is 433 g/mol. The number of nitrogens with two attached hydrogens (primary N) is 1. The fourth-order valence-electron chi connectivity index (χ4n) is 4.86. The third-order valence-electron chi connectivity index (χ3n) is 6.24. The molecule has 3 N–H and O–H groups in total. The van der Waals surface area contributed by atoms with Gasteiger partial charge in [-0.1, -0.05) is 6.92 Å². The number of fused-ring (bicyclic) bond motifs is 3. The highest BCUT2D eigenvalue weighted by atomic mass is 32.2. The van der Waals surface area contributed by atoms with E-state index in [-0.39, 0.29) is 16.6 Å². The van der Waals surface area contributed by atoms with E-state index in [1.807, 2.05) is 6.92 Å². The maximum absolute atomic E-state index is 15.0. The van der Waals surface area contributed by atoms with E-state index >= 15 is 0 Å². The Labute approximate surface area is 174 Å². The molecule has 2 aromatic rings. The summed E-state index contributed by atoms with van der Waals surface area (Å²) < 4.78 is 38.9. The lowest BCUT2D eigenvalue weighted by Gasteiger charge is -2.19. The maximum Gasteiger partial charge on any atom is 0.354 e. The number of halogens is 1. The standard InChI is InChI=1S/C20H24FN5O3S/c1-11-6-7-14-16(11)18(13-5-2-4-12(13)17(14)21)24-20(27)25-30(22,28)15-10-23-26-8-3-9-29-19(15)26/h10-11H,2-9H2,1H3,(H3,22,24,25,27,28)/t11-,30-/m0/s1. The van der Waals surface area contributed by atoms with Crippen molar-refractivity contribution >= 4 is 21.6 Å². The zero-order chi connectivity index (χ0) is 21.0. The number of nitrogens with zero attached hydrogens (tertiary/aromatic N) is 3. The van der Waals surface area contributed by atoms with Crippen molar-refractivity contribution in [3.05, 3.63) is 34.3 Å². The van der Waals surface area contributed by atoms with Gasteiger partial charge in [-0.25, -0.2) is 23.2 Å². The van der Waals surface area contributed by atoms with Gasteiger partial charge in [-0.15, -0.1) is 4.36 Å². The number of hydrogen-bond donors (Lipinski definition) is 2. The van der Waals surface area contributed by atoms with Crippen LogP contribution in [0.2, 0.25) is 0 Å². The van der Waals surface area contributed by atoms with E-state index in [9.17, 15) is 13.4 Å². The Balaban J connectivity index is 1.53. The highest BCUT2D eigenvalue weighted by Crippen LogP contribution is 2.45. The largest absolute Gasteiger partial charge is 0.477 e. The fourth-order valence-corrected chi connectivity index (χ4v) is 5.86. The number of nitrogens with one attached hydrogen (secondary N) is 1. The second kappa shape index (κ2) is 7.05. The molecule has 2 atom stereocenters. The number of urea groups is 1. The lowest BCUT2D eigenvalue weighted by Crippen LogP contribution is -2.21. The van der Waals surface area contributed by atoms with Crippen LogP contribution in [0, 0.1) is 5.82 Å². The van der Waals surface area contributed by atoms with Gasteiger partial charge in [0.1, 0.15) is 10.7 Å². The summed E-state index contributed by atoms with van der Waals surface area (Å²) in [7, 11) is -3.55. The van der Waals surface area contributed by atoms with E-state index in [2.05, 4.69) is 14.8 Å². The Hall–Kier alpha value is -2.46. The first-order valence-electron chi connectivity index (χ1n) is 10.3. The number of carbonyl (C=O) groups is 1. The van der Waals surface area contributed by atoms with E-state index in [1.165, 1.54) is 6.20 Å². The van der Waals surface area contributed by atoms with Crippen LogP contribution in [0.4, 0.5) is 14.9 Å². The van der Waals surface area contributed by atoms with Crippen LogP contribution in [0.5, 0.6) is 5.88 Å². The van der Waals surface area contributed by atoms with Crippen LogP contribution in [0.15, 0.2) is 15.5 Å². The Morgan fingerprint density at radius 3 is 2.97 bits per heavy atom. The molecule has 5 rings (SSSR count). The summed E-state index contributed by atoms with van der Waals surface area (Å²) in [6.07, 6.45) is 5.83. The van der Waals surface area contributed by atoms with E-state index in [0.29, 0.717) is 55.1 Å². The first-order chi connectivity index (χ1) is 14.4. The first-order valence-corrected chi connectivity index (χ1v) is 11.8. The third-order valence-corrected chi connectivity index (χ3v) is 7.59. The summed E-state index contributed by atoms with van der Waals surface area (Å²) in [5, 5.41) is 12.9. The molecule has 2 aliphatic carbocycles. The van der Waals surface area contributed by atoms with Crippen molar-refractivity contribution in [2.24, 2.45) is 9.50 Å². The van der Waals surface area contributed by atoms with Gasteiger partial charge >= 0.3 is 6.03 Å². The van der Waals surface area contributed by atoms with Crippen LogP contribution in [0.1, 0.15) is 54.4 Å². The summed E-state index contributed by atoms with van der Waals surface area (Å²) in [5.41, 5.74) is 3.67. The van der Waals surface area contributed by atoms with E-state index < -0.39 is 15.9 Å². The summed E-state index contributed by atoms with van der Waals surface area (Å²) >= 11 is 0. The van der Waals surface area contributed by atoms with Gasteiger partial charge in [0, 0.05) is 18.7 Å². The molecule has 1 aromatic carbocycles. The molecule has 10 heteroatoms. The lowest BCUT2D eigenvalue weighted by molar-refractivity contribution is 0.224. The molecule has 1 aliphatic heterocycles. The third kappa shape index (κ3) is 3.01. The highest BCUT2D eigenvalue weighted by molar-refractivity contribution is 7.91. The highest BCUT2D eigenvalue weighted by Gasteiger charge is 2.33. The predicted molar refractivity (Wildman–Crippen MR) is 110 cm³/mol. The molecule has 160 valence electrons. The van der Waals surface area contributed by atoms with Gasteiger partial charge in [0.25, 0.3) is 0 Å². The van der Waals surface area contributed by atoms with Crippen LogP contribution in [0.25, 0.3) is 0 Å². The van der Waals surface area contributed by atoms with Crippen molar-refractivity contribution in [2.45, 2.75) is 62.8 Å². The van der Waals surface area contributed by atoms with Crippen molar-refractivity contribution in [3.8, 4) is 5.88 Å². The van der Waals surface area contributed by atoms with Gasteiger partial charge in [-0.3, -0.25) is 0 Å². The predicted octanol–water partition coefficient (Wildman–Crippen LogP) is 3.28. The first kappa shape index (κ1) is 19.5. The van der Waals surface area contributed by atoms with Crippen LogP contribution in [-0.2, 0) is 35.7 Å². The molecule has 30 heavy (non-hydrogen) atoms. The second-order valence-corrected chi connectivity index (χ2v) is 9.92. The zero-order valence-corrected chi connectivity index (χ0v) is 17.6. The summed E-state index contributed by atoms with van der Waals surface area (Å²) in [5.74, 6) is 0.305. The number of carbonyl (C=O) groups excluding carboxylic acids is 1. The topological polar surface area (TPSA) is 112 Å². The van der Waals surface area contributed by atoms with Gasteiger partial charge in [-0.05, 0) is 60.3 Å². The average molecular weight is 434 g/mol. The number of anilines is 1. The van der Waals surface area contributed by atoms with Crippen molar-refractivity contribution in [3.63, 3.8) is 0 Å². The van der Waals surface area contributed by atoms with E-state index in [0.717, 1.165) is 30.4 Å². The quantitative estimate of drug-likeness (QED) is 0.757. The minimum Gasteiger partial charge on any atom is -0.477 e. The molecule has 0 spiro atoms.